The molecule has 33 heavy (non-hydrogen) atoms. The van der Waals surface area contributed by atoms with E-state index in [1.165, 1.54) is 0 Å². The fourth-order valence-corrected chi connectivity index (χ4v) is 4.12. The molecule has 0 spiro atoms. The van der Waals surface area contributed by atoms with Crippen LogP contribution in [0.25, 0.3) is 11.2 Å². The minimum absolute atomic E-state index is 0.296. The summed E-state index contributed by atoms with van der Waals surface area (Å²) in [5.41, 5.74) is 8.44. The molecular weight excluding hydrogens is 418 g/mol. The summed E-state index contributed by atoms with van der Waals surface area (Å²) >= 11 is 0. The number of anilines is 3. The maximum Gasteiger partial charge on any atom is 0.227 e. The maximum atomic E-state index is 6.08. The van der Waals surface area contributed by atoms with E-state index in [1.807, 2.05) is 24.5 Å². The van der Waals surface area contributed by atoms with Crippen molar-refractivity contribution >= 4 is 28.6 Å². The molecule has 9 heteroatoms. The number of aromatic nitrogens is 4. The Morgan fingerprint density at radius 3 is 2.39 bits per heavy atom. The van der Waals surface area contributed by atoms with Gasteiger partial charge in [-0.15, -0.1) is 0 Å². The lowest BCUT2D eigenvalue weighted by atomic mass is 9.92. The lowest BCUT2D eigenvalue weighted by Crippen LogP contribution is -2.33. The van der Waals surface area contributed by atoms with Gasteiger partial charge >= 0.3 is 0 Å². The number of nitrogens with two attached hydrogens (primary N) is 1. The molecular formula is C24H35N7O2. The second-order valence-electron chi connectivity index (χ2n) is 9.17. The van der Waals surface area contributed by atoms with Crippen molar-refractivity contribution in [2.75, 3.05) is 24.9 Å². The predicted molar refractivity (Wildman–Crippen MR) is 131 cm³/mol. The van der Waals surface area contributed by atoms with Crippen LogP contribution in [0.15, 0.2) is 24.5 Å². The van der Waals surface area contributed by atoms with E-state index in [9.17, 15) is 0 Å². The lowest BCUT2D eigenvalue weighted by molar-refractivity contribution is 0.395. The Morgan fingerprint density at radius 2 is 1.76 bits per heavy atom. The number of methoxy groups -OCH3 is 2. The van der Waals surface area contributed by atoms with E-state index in [1.54, 1.807) is 14.2 Å². The number of benzene rings is 1. The molecule has 1 saturated carbocycles. The number of hydrogen-bond donors (Lipinski definition) is 3. The molecule has 0 amide bonds. The van der Waals surface area contributed by atoms with Crippen LogP contribution < -0.4 is 25.8 Å². The average molecular weight is 454 g/mol. The van der Waals surface area contributed by atoms with Crippen molar-refractivity contribution in [3.63, 3.8) is 0 Å². The molecule has 0 atom stereocenters. The maximum absolute atomic E-state index is 6.08. The molecule has 0 radical (unpaired) electrons. The number of aryl methyl sites for hydroxylation is 1. The second-order valence-corrected chi connectivity index (χ2v) is 9.17. The molecule has 1 aliphatic carbocycles. The third kappa shape index (κ3) is 5.65. The Labute approximate surface area is 195 Å². The van der Waals surface area contributed by atoms with Crippen molar-refractivity contribution in [1.82, 2.24) is 19.5 Å². The summed E-state index contributed by atoms with van der Waals surface area (Å²) in [5.74, 6) is 3.23. The first-order chi connectivity index (χ1) is 15.9. The Balaban J connectivity index is 1.69. The Morgan fingerprint density at radius 1 is 1.06 bits per heavy atom. The van der Waals surface area contributed by atoms with Crippen LogP contribution in [0.3, 0.4) is 0 Å². The van der Waals surface area contributed by atoms with Crippen LogP contribution in [0.1, 0.15) is 46.0 Å². The van der Waals surface area contributed by atoms with Crippen LogP contribution in [0.4, 0.5) is 17.5 Å². The number of ether oxygens (including phenoxy) is 2. The number of rotatable bonds is 9. The zero-order valence-corrected chi connectivity index (χ0v) is 20.0. The molecule has 4 rings (SSSR count). The van der Waals surface area contributed by atoms with Gasteiger partial charge in [0.15, 0.2) is 17.0 Å². The topological polar surface area (TPSA) is 112 Å². The summed E-state index contributed by atoms with van der Waals surface area (Å²) in [6.07, 6.45) is 6.97. The number of fused-ring (bicyclic) bond motifs is 1. The van der Waals surface area contributed by atoms with Gasteiger partial charge in [0.05, 0.1) is 20.5 Å². The quantitative estimate of drug-likeness (QED) is 0.439. The SMILES string of the molecule is COc1cc(Nc2nc(NC3CCC(N)CC3)nc3c2ncn3CCC(C)C)cc(OC)c1. The van der Waals surface area contributed by atoms with Gasteiger partial charge in [0.1, 0.15) is 11.5 Å². The van der Waals surface area contributed by atoms with Gasteiger partial charge in [-0.1, -0.05) is 13.8 Å². The van der Waals surface area contributed by atoms with E-state index in [0.29, 0.717) is 41.3 Å². The summed E-state index contributed by atoms with van der Waals surface area (Å²) < 4.78 is 12.9. The Kier molecular flexibility index (Phi) is 7.17. The number of nitrogens with zero attached hydrogens (tertiary/aromatic N) is 4. The fraction of sp³-hybridized carbons (Fsp3) is 0.542. The minimum atomic E-state index is 0.296. The van der Waals surface area contributed by atoms with Crippen molar-refractivity contribution in [2.45, 2.75) is 64.6 Å². The highest BCUT2D eigenvalue weighted by atomic mass is 16.5. The average Bonchev–Trinajstić information content (AvgIpc) is 3.22. The summed E-state index contributed by atoms with van der Waals surface area (Å²) in [5, 5.41) is 6.95. The van der Waals surface area contributed by atoms with E-state index in [-0.39, 0.29) is 0 Å². The van der Waals surface area contributed by atoms with Crippen molar-refractivity contribution in [1.29, 1.82) is 0 Å². The van der Waals surface area contributed by atoms with Crippen LogP contribution in [-0.2, 0) is 6.54 Å². The first-order valence-electron chi connectivity index (χ1n) is 11.7. The van der Waals surface area contributed by atoms with Crippen LogP contribution in [0.5, 0.6) is 11.5 Å². The summed E-state index contributed by atoms with van der Waals surface area (Å²) in [7, 11) is 3.27. The Bertz CT molecular complexity index is 1050. The van der Waals surface area contributed by atoms with Gasteiger partial charge in [0, 0.05) is 42.5 Å². The van der Waals surface area contributed by atoms with Crippen LogP contribution in [0.2, 0.25) is 0 Å². The second kappa shape index (κ2) is 10.2. The molecule has 2 aromatic heterocycles. The van der Waals surface area contributed by atoms with Gasteiger partial charge in [0.2, 0.25) is 5.95 Å². The molecule has 3 aromatic rings. The van der Waals surface area contributed by atoms with Gasteiger partial charge in [-0.3, -0.25) is 0 Å². The van der Waals surface area contributed by atoms with Gasteiger partial charge in [0.25, 0.3) is 0 Å². The summed E-state index contributed by atoms with van der Waals surface area (Å²) in [4.78, 5) is 14.3. The van der Waals surface area contributed by atoms with Gasteiger partial charge in [-0.05, 0) is 38.0 Å². The zero-order valence-electron chi connectivity index (χ0n) is 20.0. The van der Waals surface area contributed by atoms with E-state index >= 15 is 0 Å². The largest absolute Gasteiger partial charge is 0.497 e. The molecule has 0 aliphatic heterocycles. The molecule has 4 N–H and O–H groups in total. The van der Waals surface area contributed by atoms with Gasteiger partial charge < -0.3 is 30.4 Å². The molecule has 0 bridgehead atoms. The van der Waals surface area contributed by atoms with Gasteiger partial charge in [-0.2, -0.15) is 9.97 Å². The smallest absolute Gasteiger partial charge is 0.227 e. The molecule has 178 valence electrons. The highest BCUT2D eigenvalue weighted by molar-refractivity contribution is 5.86. The van der Waals surface area contributed by atoms with E-state index in [2.05, 4.69) is 34.0 Å². The predicted octanol–water partition coefficient (Wildman–Crippen LogP) is 4.32. The number of imidazole rings is 1. The Hall–Kier alpha value is -3.07. The van der Waals surface area contributed by atoms with Crippen LogP contribution in [-0.4, -0.2) is 45.8 Å². The van der Waals surface area contributed by atoms with E-state index < -0.39 is 0 Å². The van der Waals surface area contributed by atoms with Crippen LogP contribution >= 0.6 is 0 Å². The molecule has 0 unspecified atom stereocenters. The highest BCUT2D eigenvalue weighted by Crippen LogP contribution is 2.31. The van der Waals surface area contributed by atoms with Crippen molar-refractivity contribution in [3.8, 4) is 11.5 Å². The molecule has 9 nitrogen and oxygen atoms in total. The molecule has 1 aliphatic rings. The molecule has 0 saturated heterocycles. The normalized spacial score (nSPS) is 18.5. The first-order valence-corrected chi connectivity index (χ1v) is 11.7. The standard InChI is InChI=1S/C24H35N7O2/c1-15(2)9-10-31-14-26-21-22(27-18-11-19(32-3)13-20(12-18)33-4)29-24(30-23(21)31)28-17-7-5-16(25)6-8-17/h11-17H,5-10,25H2,1-4H3,(H2,27,28,29,30). The molecule has 1 aromatic carbocycles. The summed E-state index contributed by atoms with van der Waals surface area (Å²) in [6, 6.07) is 6.26. The monoisotopic (exact) mass is 453 g/mol. The van der Waals surface area contributed by atoms with E-state index in [4.69, 9.17) is 25.2 Å². The van der Waals surface area contributed by atoms with E-state index in [0.717, 1.165) is 55.5 Å². The minimum Gasteiger partial charge on any atom is -0.497 e. The fourth-order valence-electron chi connectivity index (χ4n) is 4.12. The number of nitrogens with one attached hydrogen (secondary N) is 2. The van der Waals surface area contributed by atoms with Crippen molar-refractivity contribution in [2.24, 2.45) is 11.7 Å². The molecule has 1 fully saturated rings. The third-order valence-electron chi connectivity index (χ3n) is 6.13. The highest BCUT2D eigenvalue weighted by Gasteiger charge is 2.21. The van der Waals surface area contributed by atoms with Crippen LogP contribution in [0, 0.1) is 5.92 Å². The molecule has 2 heterocycles. The van der Waals surface area contributed by atoms with Crippen molar-refractivity contribution < 1.29 is 9.47 Å². The van der Waals surface area contributed by atoms with Gasteiger partial charge in [-0.25, -0.2) is 4.98 Å². The third-order valence-corrected chi connectivity index (χ3v) is 6.13. The summed E-state index contributed by atoms with van der Waals surface area (Å²) in [6.45, 7) is 5.30. The first kappa shape index (κ1) is 23.1. The number of hydrogen-bond acceptors (Lipinski definition) is 8. The lowest BCUT2D eigenvalue weighted by Gasteiger charge is -2.26. The van der Waals surface area contributed by atoms with Crippen molar-refractivity contribution in [3.05, 3.63) is 24.5 Å². The zero-order chi connectivity index (χ0) is 23.4.